The largest absolute Gasteiger partial charge is 0.481 e. The molecule has 230 valence electrons. The third kappa shape index (κ3) is 33.3. The van der Waals surface area contributed by atoms with Gasteiger partial charge in [-0.3, -0.25) is 8.98 Å². The fourth-order valence-corrected chi connectivity index (χ4v) is 4.74. The van der Waals surface area contributed by atoms with Crippen LogP contribution in [-0.2, 0) is 23.6 Å². The zero-order valence-electron chi connectivity index (χ0n) is 24.9. The van der Waals surface area contributed by atoms with Crippen molar-refractivity contribution in [3.05, 3.63) is 0 Å². The number of aliphatic hydroxyl groups is 1. The quantitative estimate of drug-likeness (QED) is 0.0863. The van der Waals surface area contributed by atoms with Crippen LogP contribution in [0.4, 0.5) is 0 Å². The van der Waals surface area contributed by atoms with Gasteiger partial charge in [-0.25, -0.2) is 4.18 Å². The fourth-order valence-electron chi connectivity index (χ4n) is 4.28. The first-order valence-electron chi connectivity index (χ1n) is 15.2. The summed E-state index contributed by atoms with van der Waals surface area (Å²) in [6, 6.07) is 0. The van der Waals surface area contributed by atoms with E-state index in [4.69, 9.17) is 10.2 Å². The van der Waals surface area contributed by atoms with Gasteiger partial charge in [-0.15, -0.1) is 0 Å². The van der Waals surface area contributed by atoms with E-state index in [1.807, 2.05) is 7.05 Å². The molecule has 0 rings (SSSR count). The van der Waals surface area contributed by atoms with Gasteiger partial charge in [0.2, 0.25) is 0 Å². The standard InChI is InChI=1S/C19H41N.C10H20O7S/c1-3-4-5-6-7-8-9-10-11-12-13-14-15-16-17-18-19-20-2;1-16-18(14,15)17-8-9(6-7-11)4-2-3-5-10(12)13/h20H,3-19H2,1-2H3;9,11H,2-8H2,1H3,(H,12,13). The highest BCUT2D eigenvalue weighted by atomic mass is 32.3. The van der Waals surface area contributed by atoms with E-state index in [-0.39, 0.29) is 25.6 Å². The van der Waals surface area contributed by atoms with Crippen molar-refractivity contribution in [3.8, 4) is 0 Å². The van der Waals surface area contributed by atoms with E-state index in [1.165, 1.54) is 109 Å². The molecule has 38 heavy (non-hydrogen) atoms. The van der Waals surface area contributed by atoms with Crippen LogP contribution in [-0.4, -0.2) is 58.5 Å². The number of carbonyl (C=O) groups is 1. The van der Waals surface area contributed by atoms with Crippen molar-refractivity contribution in [2.45, 2.75) is 142 Å². The molecule has 1 unspecified atom stereocenters. The number of hydrogen-bond acceptors (Lipinski definition) is 7. The summed E-state index contributed by atoms with van der Waals surface area (Å²) in [4.78, 5) is 10.3. The van der Waals surface area contributed by atoms with Gasteiger partial charge in [0.05, 0.1) is 13.7 Å². The smallest absolute Gasteiger partial charge is 0.399 e. The first-order chi connectivity index (χ1) is 18.3. The van der Waals surface area contributed by atoms with Crippen molar-refractivity contribution < 1.29 is 31.8 Å². The van der Waals surface area contributed by atoms with Crippen molar-refractivity contribution >= 4 is 16.4 Å². The predicted molar refractivity (Wildman–Crippen MR) is 157 cm³/mol. The molecule has 0 amide bonds. The van der Waals surface area contributed by atoms with E-state index in [9.17, 15) is 13.2 Å². The number of unbranched alkanes of at least 4 members (excludes halogenated alkanes) is 16. The van der Waals surface area contributed by atoms with Gasteiger partial charge in [0.15, 0.2) is 0 Å². The molecule has 0 aromatic heterocycles. The first kappa shape index (κ1) is 39.4. The van der Waals surface area contributed by atoms with Crippen LogP contribution in [0.15, 0.2) is 0 Å². The monoisotopic (exact) mass is 567 g/mol. The summed E-state index contributed by atoms with van der Waals surface area (Å²) in [5.74, 6) is -0.986. The Morgan fingerprint density at radius 2 is 1.24 bits per heavy atom. The van der Waals surface area contributed by atoms with Crippen LogP contribution >= 0.6 is 0 Å². The van der Waals surface area contributed by atoms with E-state index in [2.05, 4.69) is 20.6 Å². The number of carboxylic acid groups (broad SMARTS) is 1. The molecule has 0 aliphatic rings. The molecule has 0 spiro atoms. The number of carboxylic acids is 1. The van der Waals surface area contributed by atoms with Gasteiger partial charge in [0.1, 0.15) is 0 Å². The average molecular weight is 568 g/mol. The van der Waals surface area contributed by atoms with Gasteiger partial charge in [-0.1, -0.05) is 110 Å². The molecule has 8 nitrogen and oxygen atoms in total. The summed E-state index contributed by atoms with van der Waals surface area (Å²) in [7, 11) is -0.903. The van der Waals surface area contributed by atoms with Crippen LogP contribution in [0.2, 0.25) is 0 Å². The second-order valence-corrected chi connectivity index (χ2v) is 11.7. The molecule has 0 aliphatic heterocycles. The highest BCUT2D eigenvalue weighted by Crippen LogP contribution is 2.16. The molecule has 0 fully saturated rings. The van der Waals surface area contributed by atoms with Gasteiger partial charge in [-0.2, -0.15) is 8.42 Å². The summed E-state index contributed by atoms with van der Waals surface area (Å²) in [5.41, 5.74) is 0. The minimum Gasteiger partial charge on any atom is -0.481 e. The molecule has 0 saturated heterocycles. The zero-order chi connectivity index (χ0) is 28.7. The number of rotatable bonds is 28. The van der Waals surface area contributed by atoms with Crippen LogP contribution in [0.25, 0.3) is 0 Å². The molecule has 3 N–H and O–H groups in total. The maximum atomic E-state index is 10.9. The van der Waals surface area contributed by atoms with Gasteiger partial charge >= 0.3 is 16.4 Å². The Labute approximate surface area is 235 Å². The Bertz CT molecular complexity index is 569. The van der Waals surface area contributed by atoms with Gasteiger partial charge in [-0.05, 0) is 45.2 Å². The molecule has 0 saturated carbocycles. The molecule has 0 aromatic rings. The topological polar surface area (TPSA) is 122 Å². The summed E-state index contributed by atoms with van der Waals surface area (Å²) >= 11 is 0. The van der Waals surface area contributed by atoms with Crippen LogP contribution in [0.5, 0.6) is 0 Å². The van der Waals surface area contributed by atoms with Crippen molar-refractivity contribution in [1.82, 2.24) is 5.32 Å². The average Bonchev–Trinajstić information content (AvgIpc) is 2.89. The van der Waals surface area contributed by atoms with E-state index >= 15 is 0 Å². The molecule has 0 aliphatic carbocycles. The summed E-state index contributed by atoms with van der Waals surface area (Å²) in [6.07, 6.45) is 25.5. The third-order valence-electron chi connectivity index (χ3n) is 6.72. The normalized spacial score (nSPS) is 12.2. The van der Waals surface area contributed by atoms with E-state index in [1.54, 1.807) is 0 Å². The lowest BCUT2D eigenvalue weighted by Gasteiger charge is -2.14. The lowest BCUT2D eigenvalue weighted by molar-refractivity contribution is -0.137. The SMILES string of the molecule is CCCCCCCCCCCCCCCCCCNC.COS(=O)(=O)OCC(CCO)CCCCC(=O)O. The number of aliphatic carboxylic acids is 1. The molecule has 0 heterocycles. The Morgan fingerprint density at radius 1 is 0.763 bits per heavy atom. The Morgan fingerprint density at radius 3 is 1.63 bits per heavy atom. The Hall–Kier alpha value is -0.740. The maximum Gasteiger partial charge on any atom is 0.399 e. The second kappa shape index (κ2) is 30.8. The molecule has 0 radical (unpaired) electrons. The van der Waals surface area contributed by atoms with Crippen molar-refractivity contribution in [3.63, 3.8) is 0 Å². The van der Waals surface area contributed by atoms with Gasteiger partial charge in [0.25, 0.3) is 0 Å². The highest BCUT2D eigenvalue weighted by Gasteiger charge is 2.15. The lowest BCUT2D eigenvalue weighted by Crippen LogP contribution is -2.16. The van der Waals surface area contributed by atoms with Gasteiger partial charge < -0.3 is 15.5 Å². The van der Waals surface area contributed by atoms with Crippen LogP contribution in [0.1, 0.15) is 142 Å². The van der Waals surface area contributed by atoms with Crippen LogP contribution in [0.3, 0.4) is 0 Å². The Balaban J connectivity index is 0. The molecule has 0 aromatic carbocycles. The van der Waals surface area contributed by atoms with Gasteiger partial charge in [0, 0.05) is 13.0 Å². The highest BCUT2D eigenvalue weighted by molar-refractivity contribution is 7.81. The van der Waals surface area contributed by atoms with Crippen LogP contribution < -0.4 is 5.32 Å². The van der Waals surface area contributed by atoms with E-state index in [0.29, 0.717) is 25.7 Å². The van der Waals surface area contributed by atoms with Crippen molar-refractivity contribution in [1.29, 1.82) is 0 Å². The minimum atomic E-state index is -3.95. The number of hydrogen-bond donors (Lipinski definition) is 3. The summed E-state index contributed by atoms with van der Waals surface area (Å²) in [6.45, 7) is 3.35. The second-order valence-electron chi connectivity index (χ2n) is 10.3. The molecule has 9 heteroatoms. The molecular weight excluding hydrogens is 506 g/mol. The summed E-state index contributed by atoms with van der Waals surface area (Å²) in [5, 5.41) is 20.5. The van der Waals surface area contributed by atoms with Crippen molar-refractivity contribution in [2.24, 2.45) is 5.92 Å². The number of aliphatic hydroxyl groups excluding tert-OH is 1. The first-order valence-corrected chi connectivity index (χ1v) is 16.6. The predicted octanol–water partition coefficient (Wildman–Crippen LogP) is 7.01. The molecule has 0 bridgehead atoms. The van der Waals surface area contributed by atoms with Crippen molar-refractivity contribution in [2.75, 3.05) is 33.9 Å². The molecule has 1 atom stereocenters. The maximum absolute atomic E-state index is 10.9. The minimum absolute atomic E-state index is 0.0657. The fraction of sp³-hybridized carbons (Fsp3) is 0.966. The lowest BCUT2D eigenvalue weighted by atomic mass is 9.99. The van der Waals surface area contributed by atoms with E-state index < -0.39 is 16.4 Å². The third-order valence-corrected chi connectivity index (χ3v) is 7.56. The van der Waals surface area contributed by atoms with E-state index in [0.717, 1.165) is 7.11 Å². The number of nitrogens with one attached hydrogen (secondary N) is 1. The Kier molecular flexibility index (Phi) is 31.9. The summed E-state index contributed by atoms with van der Waals surface area (Å²) < 4.78 is 30.6. The molecular formula is C29H61NO7S. The van der Waals surface area contributed by atoms with Crippen LogP contribution in [0, 0.1) is 5.92 Å². The zero-order valence-corrected chi connectivity index (χ0v) is 25.7.